The molecule has 2 aromatic carbocycles. The molecule has 2 unspecified atom stereocenters. The number of fused-ring (bicyclic) bond motifs is 4. The smallest absolute Gasteiger partial charge is 0.319 e. The summed E-state index contributed by atoms with van der Waals surface area (Å²) < 4.78 is 5.68. The van der Waals surface area contributed by atoms with E-state index < -0.39 is 0 Å². The molecule has 0 radical (unpaired) electrons. The zero-order valence-corrected chi connectivity index (χ0v) is 19.5. The summed E-state index contributed by atoms with van der Waals surface area (Å²) in [6.45, 7) is 1.49. The maximum atomic E-state index is 12.7. The summed E-state index contributed by atoms with van der Waals surface area (Å²) in [7, 11) is 2.16. The monoisotopic (exact) mass is 457 g/mol. The molecule has 2 aliphatic heterocycles. The fraction of sp³-hybridized carbons (Fsp3) is 0.407. The Bertz CT molecular complexity index is 1200. The van der Waals surface area contributed by atoms with Crippen molar-refractivity contribution in [1.29, 1.82) is 0 Å². The Morgan fingerprint density at radius 2 is 1.88 bits per heavy atom. The second-order valence-electron chi connectivity index (χ2n) is 9.82. The lowest BCUT2D eigenvalue weighted by atomic mass is 9.91. The number of morpholine rings is 1. The number of benzene rings is 2. The predicted octanol–water partition coefficient (Wildman–Crippen LogP) is 4.32. The standard InChI is InChI=1S/C27H31N5O2/c1-32-21-13-20(14-22(32)16-34-15-21)29-27(33)28-19-8-10-24-18(12-19)7-11-26(30-24)31-25-9-6-17-4-2-3-5-23(17)25/h2-5,7-8,10-12,20-22,25H,6,9,13-16H2,1H3,(H,30,31)(H2,28,29,33)/t20?,21?,22?,25-/m1/s1. The highest BCUT2D eigenvalue weighted by molar-refractivity contribution is 5.93. The number of urea groups is 1. The molecule has 3 atom stereocenters. The molecule has 7 heteroatoms. The van der Waals surface area contributed by atoms with Crippen LogP contribution in [0.1, 0.15) is 36.4 Å². The van der Waals surface area contributed by atoms with Gasteiger partial charge in [-0.15, -0.1) is 0 Å². The molecular formula is C27H31N5O2. The number of aromatic nitrogens is 1. The van der Waals surface area contributed by atoms with Crippen LogP contribution in [0.4, 0.5) is 16.3 Å². The van der Waals surface area contributed by atoms with Gasteiger partial charge in [0.2, 0.25) is 0 Å². The van der Waals surface area contributed by atoms with Gasteiger partial charge in [0, 0.05) is 29.2 Å². The number of amides is 2. The third-order valence-electron chi connectivity index (χ3n) is 7.62. The number of nitrogens with one attached hydrogen (secondary N) is 3. The SMILES string of the molecule is CN1C2COCC1CC(NC(=O)Nc1ccc3nc(N[C@@H]4CCc5ccccc54)ccc3c1)C2. The molecule has 3 N–H and O–H groups in total. The molecule has 34 heavy (non-hydrogen) atoms. The molecule has 6 rings (SSSR count). The molecule has 1 aromatic heterocycles. The van der Waals surface area contributed by atoms with Gasteiger partial charge in [-0.05, 0) is 74.2 Å². The summed E-state index contributed by atoms with van der Waals surface area (Å²) in [5, 5.41) is 10.8. The number of anilines is 2. The van der Waals surface area contributed by atoms with E-state index in [1.807, 2.05) is 24.3 Å². The summed E-state index contributed by atoms with van der Waals surface area (Å²) in [5.74, 6) is 0.879. The minimum Gasteiger partial charge on any atom is -0.378 e. The summed E-state index contributed by atoms with van der Waals surface area (Å²) in [5.41, 5.74) is 4.47. The Morgan fingerprint density at radius 1 is 1.06 bits per heavy atom. The van der Waals surface area contributed by atoms with Crippen molar-refractivity contribution in [1.82, 2.24) is 15.2 Å². The molecule has 7 nitrogen and oxygen atoms in total. The second kappa shape index (κ2) is 8.89. The molecule has 2 bridgehead atoms. The lowest BCUT2D eigenvalue weighted by molar-refractivity contribution is -0.0666. The minimum absolute atomic E-state index is 0.154. The van der Waals surface area contributed by atoms with Crippen LogP contribution in [0.5, 0.6) is 0 Å². The van der Waals surface area contributed by atoms with Crippen LogP contribution in [-0.2, 0) is 11.2 Å². The van der Waals surface area contributed by atoms with Gasteiger partial charge in [0.25, 0.3) is 0 Å². The van der Waals surface area contributed by atoms with E-state index in [1.165, 1.54) is 11.1 Å². The van der Waals surface area contributed by atoms with Crippen LogP contribution in [0.2, 0.25) is 0 Å². The van der Waals surface area contributed by atoms with E-state index in [2.05, 4.69) is 58.2 Å². The van der Waals surface area contributed by atoms with E-state index in [1.54, 1.807) is 0 Å². The van der Waals surface area contributed by atoms with Gasteiger partial charge < -0.3 is 20.7 Å². The van der Waals surface area contributed by atoms with Gasteiger partial charge >= 0.3 is 6.03 Å². The Kier molecular flexibility index (Phi) is 5.59. The number of piperidine rings is 1. The molecule has 2 fully saturated rings. The van der Waals surface area contributed by atoms with Crippen LogP contribution in [-0.4, -0.2) is 54.3 Å². The van der Waals surface area contributed by atoms with Crippen LogP contribution in [0, 0.1) is 0 Å². The number of aryl methyl sites for hydroxylation is 1. The van der Waals surface area contributed by atoms with Crippen LogP contribution in [0.3, 0.4) is 0 Å². The van der Waals surface area contributed by atoms with Gasteiger partial charge in [-0.25, -0.2) is 9.78 Å². The van der Waals surface area contributed by atoms with Crippen molar-refractivity contribution in [3.05, 3.63) is 65.7 Å². The fourth-order valence-electron chi connectivity index (χ4n) is 5.73. The number of hydrogen-bond acceptors (Lipinski definition) is 5. The average Bonchev–Trinajstić information content (AvgIpc) is 3.23. The molecule has 176 valence electrons. The molecule has 3 aliphatic rings. The van der Waals surface area contributed by atoms with Crippen LogP contribution in [0.25, 0.3) is 10.9 Å². The first-order valence-electron chi connectivity index (χ1n) is 12.2. The van der Waals surface area contributed by atoms with E-state index in [0.717, 1.165) is 61.3 Å². The number of ether oxygens (including phenoxy) is 1. The van der Waals surface area contributed by atoms with Crippen LogP contribution < -0.4 is 16.0 Å². The van der Waals surface area contributed by atoms with Crippen molar-refractivity contribution in [3.8, 4) is 0 Å². The summed E-state index contributed by atoms with van der Waals surface area (Å²) in [4.78, 5) is 19.9. The molecule has 3 aromatic rings. The number of likely N-dealkylation sites (N-methyl/N-ethyl adjacent to an activating group) is 1. The first kappa shape index (κ1) is 21.4. The number of rotatable bonds is 4. The van der Waals surface area contributed by atoms with Gasteiger partial charge in [-0.2, -0.15) is 0 Å². The Morgan fingerprint density at radius 3 is 2.74 bits per heavy atom. The van der Waals surface area contributed by atoms with Crippen molar-refractivity contribution >= 4 is 28.4 Å². The molecule has 2 amide bonds. The molecule has 0 spiro atoms. The number of hydrogen-bond donors (Lipinski definition) is 3. The average molecular weight is 458 g/mol. The lowest BCUT2D eigenvalue weighted by Gasteiger charge is -2.46. The van der Waals surface area contributed by atoms with Gasteiger partial charge in [-0.3, -0.25) is 4.90 Å². The van der Waals surface area contributed by atoms with Crippen molar-refractivity contribution in [2.24, 2.45) is 0 Å². The van der Waals surface area contributed by atoms with Crippen molar-refractivity contribution in [3.63, 3.8) is 0 Å². The first-order valence-corrected chi connectivity index (χ1v) is 12.2. The Hall–Kier alpha value is -3.16. The number of pyridine rings is 1. The van der Waals surface area contributed by atoms with E-state index >= 15 is 0 Å². The third kappa shape index (κ3) is 4.21. The largest absolute Gasteiger partial charge is 0.378 e. The zero-order valence-electron chi connectivity index (χ0n) is 19.5. The minimum atomic E-state index is -0.154. The van der Waals surface area contributed by atoms with Crippen molar-refractivity contribution < 1.29 is 9.53 Å². The van der Waals surface area contributed by atoms with E-state index in [0.29, 0.717) is 18.1 Å². The molecule has 0 saturated carbocycles. The van der Waals surface area contributed by atoms with E-state index in [-0.39, 0.29) is 12.1 Å². The van der Waals surface area contributed by atoms with E-state index in [4.69, 9.17) is 9.72 Å². The quantitative estimate of drug-likeness (QED) is 0.544. The highest BCUT2D eigenvalue weighted by Crippen LogP contribution is 2.33. The Balaban J connectivity index is 1.09. The van der Waals surface area contributed by atoms with Gasteiger partial charge in [-0.1, -0.05) is 24.3 Å². The van der Waals surface area contributed by atoms with Crippen molar-refractivity contribution in [2.75, 3.05) is 30.9 Å². The fourth-order valence-corrected chi connectivity index (χ4v) is 5.73. The number of nitrogens with zero attached hydrogens (tertiary/aromatic N) is 2. The van der Waals surface area contributed by atoms with Crippen LogP contribution in [0.15, 0.2) is 54.6 Å². The summed E-state index contributed by atoms with van der Waals surface area (Å²) in [6, 6.07) is 19.7. The van der Waals surface area contributed by atoms with E-state index in [9.17, 15) is 4.79 Å². The highest BCUT2D eigenvalue weighted by atomic mass is 16.5. The molecule has 3 heterocycles. The third-order valence-corrected chi connectivity index (χ3v) is 7.62. The maximum absolute atomic E-state index is 12.7. The van der Waals surface area contributed by atoms with Gasteiger partial charge in [0.15, 0.2) is 0 Å². The van der Waals surface area contributed by atoms with Gasteiger partial charge in [0.1, 0.15) is 5.82 Å². The molecule has 2 saturated heterocycles. The van der Waals surface area contributed by atoms with Crippen molar-refractivity contribution in [2.45, 2.75) is 49.9 Å². The molecular weight excluding hydrogens is 426 g/mol. The zero-order chi connectivity index (χ0) is 23.1. The Labute approximate surface area is 199 Å². The summed E-state index contributed by atoms with van der Waals surface area (Å²) >= 11 is 0. The highest BCUT2D eigenvalue weighted by Gasteiger charge is 2.37. The molecule has 1 aliphatic carbocycles. The second-order valence-corrected chi connectivity index (χ2v) is 9.82. The van der Waals surface area contributed by atoms with Crippen LogP contribution >= 0.6 is 0 Å². The lowest BCUT2D eigenvalue weighted by Crippen LogP contribution is -2.59. The number of carbonyl (C=O) groups excluding carboxylic acids is 1. The summed E-state index contributed by atoms with van der Waals surface area (Å²) in [6.07, 6.45) is 4.03. The topological polar surface area (TPSA) is 78.5 Å². The van der Waals surface area contributed by atoms with Gasteiger partial charge in [0.05, 0.1) is 24.8 Å². The maximum Gasteiger partial charge on any atom is 0.319 e. The first-order chi connectivity index (χ1) is 16.6. The normalized spacial score (nSPS) is 26.1. The predicted molar refractivity (Wildman–Crippen MR) is 134 cm³/mol. The number of carbonyl (C=O) groups is 1.